The van der Waals surface area contributed by atoms with Crippen molar-refractivity contribution in [2.45, 2.75) is 20.5 Å². The Hall–Kier alpha value is -1.35. The van der Waals surface area contributed by atoms with Crippen LogP contribution in [0.4, 0.5) is 4.39 Å². The van der Waals surface area contributed by atoms with Gasteiger partial charge in [0.15, 0.2) is 11.6 Å². The summed E-state index contributed by atoms with van der Waals surface area (Å²) in [6.07, 6.45) is 1.85. The lowest BCUT2D eigenvalue weighted by atomic mass is 10.2. The van der Waals surface area contributed by atoms with Crippen molar-refractivity contribution in [3.8, 4) is 5.75 Å². The van der Waals surface area contributed by atoms with Gasteiger partial charge in [-0.3, -0.25) is 0 Å². The predicted molar refractivity (Wildman–Crippen MR) is 57.2 cm³/mol. The molecule has 0 radical (unpaired) electrons. The molecule has 0 aliphatic heterocycles. The molecule has 0 saturated carbocycles. The highest BCUT2D eigenvalue weighted by molar-refractivity contribution is 5.34. The average Bonchev–Trinajstić information content (AvgIpc) is 2.20. The van der Waals surface area contributed by atoms with Crippen molar-refractivity contribution in [1.82, 2.24) is 0 Å². The van der Waals surface area contributed by atoms with E-state index < -0.39 is 5.82 Å². The summed E-state index contributed by atoms with van der Waals surface area (Å²) in [6.45, 7) is 3.98. The fourth-order valence-corrected chi connectivity index (χ4v) is 1.13. The highest BCUT2D eigenvalue weighted by Crippen LogP contribution is 2.22. The van der Waals surface area contributed by atoms with Crippen LogP contribution in [-0.4, -0.2) is 11.7 Å². The van der Waals surface area contributed by atoms with E-state index in [0.717, 1.165) is 5.57 Å². The van der Waals surface area contributed by atoms with Crippen LogP contribution >= 0.6 is 0 Å². The maximum atomic E-state index is 13.3. The molecule has 0 aliphatic rings. The maximum Gasteiger partial charge on any atom is 0.165 e. The molecule has 0 aromatic heterocycles. The Kier molecular flexibility index (Phi) is 4.31. The van der Waals surface area contributed by atoms with Crippen LogP contribution in [0.25, 0.3) is 0 Å². The first-order valence-corrected chi connectivity index (χ1v) is 4.79. The Morgan fingerprint density at radius 2 is 2.20 bits per heavy atom. The van der Waals surface area contributed by atoms with E-state index in [4.69, 9.17) is 9.84 Å². The van der Waals surface area contributed by atoms with Crippen LogP contribution in [0.5, 0.6) is 5.75 Å². The molecule has 0 atom stereocenters. The fraction of sp³-hybridized carbons (Fsp3) is 0.333. The predicted octanol–water partition coefficient (Wildman–Crippen LogP) is 2.66. The molecular weight excluding hydrogens is 195 g/mol. The number of rotatable bonds is 4. The van der Waals surface area contributed by atoms with Crippen molar-refractivity contribution in [1.29, 1.82) is 0 Å². The summed E-state index contributed by atoms with van der Waals surface area (Å²) in [7, 11) is 0. The topological polar surface area (TPSA) is 29.5 Å². The van der Waals surface area contributed by atoms with E-state index in [1.807, 2.05) is 19.9 Å². The third-order valence-electron chi connectivity index (χ3n) is 1.94. The molecule has 3 heteroatoms. The molecule has 0 bridgehead atoms. The van der Waals surface area contributed by atoms with E-state index in [-0.39, 0.29) is 12.4 Å². The molecular formula is C12H15FO2. The van der Waals surface area contributed by atoms with Crippen molar-refractivity contribution in [2.75, 3.05) is 6.61 Å². The summed E-state index contributed by atoms with van der Waals surface area (Å²) < 4.78 is 18.6. The number of hydrogen-bond acceptors (Lipinski definition) is 2. The van der Waals surface area contributed by atoms with Gasteiger partial charge in [-0.05, 0) is 26.0 Å². The van der Waals surface area contributed by atoms with Gasteiger partial charge in [-0.2, -0.15) is 0 Å². The lowest BCUT2D eigenvalue weighted by Crippen LogP contribution is -2.00. The number of allylic oxidation sites excluding steroid dienone is 1. The Bertz CT molecular complexity index is 355. The van der Waals surface area contributed by atoms with Crippen LogP contribution < -0.4 is 4.74 Å². The lowest BCUT2D eigenvalue weighted by Gasteiger charge is -2.09. The first kappa shape index (κ1) is 11.7. The SMILES string of the molecule is CC(C)=CCOc1c(F)cccc1CO. The Morgan fingerprint density at radius 1 is 1.47 bits per heavy atom. The van der Waals surface area contributed by atoms with Gasteiger partial charge in [0.05, 0.1) is 6.61 Å². The van der Waals surface area contributed by atoms with Crippen molar-refractivity contribution in [2.24, 2.45) is 0 Å². The molecule has 15 heavy (non-hydrogen) atoms. The van der Waals surface area contributed by atoms with Gasteiger partial charge in [0.2, 0.25) is 0 Å². The van der Waals surface area contributed by atoms with Crippen LogP contribution in [0.1, 0.15) is 19.4 Å². The molecule has 0 fully saturated rings. The summed E-state index contributed by atoms with van der Waals surface area (Å²) >= 11 is 0. The fourth-order valence-electron chi connectivity index (χ4n) is 1.13. The highest BCUT2D eigenvalue weighted by atomic mass is 19.1. The van der Waals surface area contributed by atoms with E-state index in [1.54, 1.807) is 12.1 Å². The first-order chi connectivity index (χ1) is 7.15. The van der Waals surface area contributed by atoms with Crippen LogP contribution in [0, 0.1) is 5.82 Å². The molecule has 0 unspecified atom stereocenters. The van der Waals surface area contributed by atoms with E-state index in [9.17, 15) is 4.39 Å². The number of aliphatic hydroxyl groups excluding tert-OH is 1. The third-order valence-corrected chi connectivity index (χ3v) is 1.94. The molecule has 0 spiro atoms. The van der Waals surface area contributed by atoms with Crippen LogP contribution in [-0.2, 0) is 6.61 Å². The molecule has 1 rings (SSSR count). The van der Waals surface area contributed by atoms with Crippen molar-refractivity contribution in [3.05, 3.63) is 41.2 Å². The lowest BCUT2D eigenvalue weighted by molar-refractivity contribution is 0.265. The molecule has 1 aromatic carbocycles. The smallest absolute Gasteiger partial charge is 0.165 e. The molecule has 1 N–H and O–H groups in total. The Balaban J connectivity index is 2.79. The summed E-state index contributed by atoms with van der Waals surface area (Å²) in [5.74, 6) is -0.304. The zero-order valence-corrected chi connectivity index (χ0v) is 8.96. The summed E-state index contributed by atoms with van der Waals surface area (Å²) in [4.78, 5) is 0. The van der Waals surface area contributed by atoms with Gasteiger partial charge in [0.25, 0.3) is 0 Å². The molecule has 1 aromatic rings. The zero-order valence-electron chi connectivity index (χ0n) is 8.96. The number of para-hydroxylation sites is 1. The van der Waals surface area contributed by atoms with Crippen molar-refractivity contribution < 1.29 is 14.2 Å². The molecule has 82 valence electrons. The minimum absolute atomic E-state index is 0.137. The van der Waals surface area contributed by atoms with Crippen molar-refractivity contribution >= 4 is 0 Å². The molecule has 2 nitrogen and oxygen atoms in total. The second-order valence-corrected chi connectivity index (χ2v) is 3.48. The molecule has 0 heterocycles. The first-order valence-electron chi connectivity index (χ1n) is 4.79. The van der Waals surface area contributed by atoms with Gasteiger partial charge in [-0.15, -0.1) is 0 Å². The van der Waals surface area contributed by atoms with E-state index in [2.05, 4.69) is 0 Å². The van der Waals surface area contributed by atoms with E-state index >= 15 is 0 Å². The summed E-state index contributed by atoms with van der Waals surface area (Å²) in [5, 5.41) is 8.99. The van der Waals surface area contributed by atoms with Crippen LogP contribution in [0.15, 0.2) is 29.8 Å². The number of aliphatic hydroxyl groups is 1. The van der Waals surface area contributed by atoms with E-state index in [0.29, 0.717) is 12.2 Å². The number of benzene rings is 1. The van der Waals surface area contributed by atoms with Crippen LogP contribution in [0.2, 0.25) is 0 Å². The summed E-state index contributed by atoms with van der Waals surface area (Å²) in [5.41, 5.74) is 1.58. The number of hydrogen-bond donors (Lipinski definition) is 1. The van der Waals surface area contributed by atoms with Gasteiger partial charge in [-0.25, -0.2) is 4.39 Å². The monoisotopic (exact) mass is 210 g/mol. The highest BCUT2D eigenvalue weighted by Gasteiger charge is 2.07. The molecule has 0 aliphatic carbocycles. The minimum Gasteiger partial charge on any atom is -0.486 e. The number of ether oxygens (including phenoxy) is 1. The second kappa shape index (κ2) is 5.51. The summed E-state index contributed by atoms with van der Waals surface area (Å²) in [6, 6.07) is 4.51. The van der Waals surface area contributed by atoms with Gasteiger partial charge < -0.3 is 9.84 Å². The third kappa shape index (κ3) is 3.36. The number of halogens is 1. The standard InChI is InChI=1S/C12H15FO2/c1-9(2)6-7-15-12-10(8-14)4-3-5-11(12)13/h3-6,14H,7-8H2,1-2H3. The largest absolute Gasteiger partial charge is 0.486 e. The van der Waals surface area contributed by atoms with Crippen LogP contribution in [0.3, 0.4) is 0 Å². The Labute approximate surface area is 89.0 Å². The van der Waals surface area contributed by atoms with E-state index in [1.165, 1.54) is 6.07 Å². The quantitative estimate of drug-likeness (QED) is 0.774. The van der Waals surface area contributed by atoms with Crippen molar-refractivity contribution in [3.63, 3.8) is 0 Å². The second-order valence-electron chi connectivity index (χ2n) is 3.48. The molecule has 0 saturated heterocycles. The molecule has 0 amide bonds. The average molecular weight is 210 g/mol. The van der Waals surface area contributed by atoms with Gasteiger partial charge in [-0.1, -0.05) is 17.7 Å². The minimum atomic E-state index is -0.441. The Morgan fingerprint density at radius 3 is 2.80 bits per heavy atom. The maximum absolute atomic E-state index is 13.3. The zero-order chi connectivity index (χ0) is 11.3. The van der Waals surface area contributed by atoms with Gasteiger partial charge >= 0.3 is 0 Å². The normalized spacial score (nSPS) is 9.87. The van der Waals surface area contributed by atoms with Gasteiger partial charge in [0.1, 0.15) is 6.61 Å². The van der Waals surface area contributed by atoms with Gasteiger partial charge in [0, 0.05) is 5.56 Å².